The molecular weight excluding hydrogens is 284 g/mol. The first-order chi connectivity index (χ1) is 8.13. The molecule has 0 fully saturated rings. The zero-order valence-corrected chi connectivity index (χ0v) is 11.2. The van der Waals surface area contributed by atoms with Crippen molar-refractivity contribution in [3.05, 3.63) is 30.3 Å². The minimum absolute atomic E-state index is 0.0508. The summed E-state index contributed by atoms with van der Waals surface area (Å²) in [7, 11) is 1.62. The van der Waals surface area contributed by atoms with Gasteiger partial charge in [0, 0.05) is 24.5 Å². The highest BCUT2D eigenvalue weighted by molar-refractivity contribution is 9.09. The van der Waals surface area contributed by atoms with E-state index >= 15 is 0 Å². The molecule has 17 heavy (non-hydrogen) atoms. The zero-order chi connectivity index (χ0) is 12.7. The van der Waals surface area contributed by atoms with Crippen LogP contribution in [0.5, 0.6) is 0 Å². The van der Waals surface area contributed by atoms with E-state index in [2.05, 4.69) is 21.2 Å². The third kappa shape index (κ3) is 4.99. The number of carbonyl (C=O) groups excluding carboxylic acids is 2. The van der Waals surface area contributed by atoms with Crippen LogP contribution in [0, 0.1) is 0 Å². The van der Waals surface area contributed by atoms with E-state index in [1.54, 1.807) is 19.2 Å². The molecule has 2 amide bonds. The van der Waals surface area contributed by atoms with E-state index in [-0.39, 0.29) is 18.4 Å². The van der Waals surface area contributed by atoms with Gasteiger partial charge in [-0.2, -0.15) is 0 Å². The maximum absolute atomic E-state index is 11.6. The number of para-hydroxylation sites is 1. The fourth-order valence-electron chi connectivity index (χ4n) is 1.30. The summed E-state index contributed by atoms with van der Waals surface area (Å²) in [5.41, 5.74) is 0.735. The minimum atomic E-state index is -0.193. The average molecular weight is 299 g/mol. The second kappa shape index (κ2) is 7.06. The highest BCUT2D eigenvalue weighted by Gasteiger charge is 2.11. The Morgan fingerprint density at radius 3 is 2.53 bits per heavy atom. The summed E-state index contributed by atoms with van der Waals surface area (Å²) < 4.78 is 0. The Labute approximate surface area is 109 Å². The van der Waals surface area contributed by atoms with Crippen molar-refractivity contribution in [2.75, 3.05) is 24.2 Å². The topological polar surface area (TPSA) is 49.4 Å². The Hall–Kier alpha value is -1.36. The molecule has 0 saturated heterocycles. The van der Waals surface area contributed by atoms with Crippen LogP contribution in [0.4, 0.5) is 5.69 Å². The molecule has 5 heteroatoms. The number of halogens is 1. The molecule has 1 aromatic rings. The van der Waals surface area contributed by atoms with Crippen LogP contribution in [0.25, 0.3) is 0 Å². The lowest BCUT2D eigenvalue weighted by molar-refractivity contribution is -0.132. The van der Waals surface area contributed by atoms with Crippen molar-refractivity contribution in [3.63, 3.8) is 0 Å². The van der Waals surface area contributed by atoms with Crippen molar-refractivity contribution < 1.29 is 9.59 Å². The van der Waals surface area contributed by atoms with Crippen LogP contribution in [0.1, 0.15) is 6.42 Å². The molecule has 0 atom stereocenters. The third-order valence-corrected chi connectivity index (χ3v) is 2.57. The van der Waals surface area contributed by atoms with Crippen LogP contribution in [-0.2, 0) is 9.59 Å². The van der Waals surface area contributed by atoms with Crippen molar-refractivity contribution >= 4 is 33.4 Å². The van der Waals surface area contributed by atoms with Crippen molar-refractivity contribution in [2.24, 2.45) is 0 Å². The van der Waals surface area contributed by atoms with E-state index < -0.39 is 0 Å². The number of alkyl halides is 1. The first-order valence-corrected chi connectivity index (χ1v) is 6.40. The fraction of sp³-hybridized carbons (Fsp3) is 0.333. The lowest BCUT2D eigenvalue weighted by Crippen LogP contribution is -2.34. The quantitative estimate of drug-likeness (QED) is 0.844. The van der Waals surface area contributed by atoms with Gasteiger partial charge in [-0.3, -0.25) is 9.59 Å². The second-order valence-electron chi connectivity index (χ2n) is 3.60. The van der Waals surface area contributed by atoms with Crippen molar-refractivity contribution in [3.8, 4) is 0 Å². The monoisotopic (exact) mass is 298 g/mol. The van der Waals surface area contributed by atoms with Crippen LogP contribution < -0.4 is 5.32 Å². The standard InChI is InChI=1S/C12H15BrN2O2/c1-15(12(17)7-8-13)9-11(16)14-10-5-3-2-4-6-10/h2-6H,7-9H2,1H3,(H,14,16). The number of benzene rings is 1. The van der Waals surface area contributed by atoms with E-state index in [9.17, 15) is 9.59 Å². The van der Waals surface area contributed by atoms with Gasteiger partial charge in [0.1, 0.15) is 0 Å². The summed E-state index contributed by atoms with van der Waals surface area (Å²) in [6.07, 6.45) is 0.398. The Kier molecular flexibility index (Phi) is 5.69. The minimum Gasteiger partial charge on any atom is -0.336 e. The molecular formula is C12H15BrN2O2. The number of rotatable bonds is 5. The molecule has 4 nitrogen and oxygen atoms in total. The molecule has 92 valence electrons. The SMILES string of the molecule is CN(CC(=O)Nc1ccccc1)C(=O)CCBr. The van der Waals surface area contributed by atoms with Gasteiger partial charge in [-0.25, -0.2) is 0 Å². The summed E-state index contributed by atoms with van der Waals surface area (Å²) in [5, 5.41) is 3.33. The van der Waals surface area contributed by atoms with Crippen molar-refractivity contribution in [1.82, 2.24) is 4.90 Å². The number of nitrogens with zero attached hydrogens (tertiary/aromatic N) is 1. The van der Waals surface area contributed by atoms with Gasteiger partial charge in [-0.05, 0) is 12.1 Å². The lowest BCUT2D eigenvalue weighted by atomic mass is 10.3. The van der Waals surface area contributed by atoms with E-state index in [1.165, 1.54) is 4.90 Å². The number of nitrogens with one attached hydrogen (secondary N) is 1. The predicted octanol–water partition coefficient (Wildman–Crippen LogP) is 1.87. The number of amides is 2. The summed E-state index contributed by atoms with van der Waals surface area (Å²) in [5.74, 6) is -0.244. The van der Waals surface area contributed by atoms with Gasteiger partial charge >= 0.3 is 0 Å². The van der Waals surface area contributed by atoms with Gasteiger partial charge in [0.05, 0.1) is 6.54 Å². The molecule has 0 spiro atoms. The van der Waals surface area contributed by atoms with Crippen LogP contribution in [0.2, 0.25) is 0 Å². The van der Waals surface area contributed by atoms with Gasteiger partial charge in [-0.1, -0.05) is 34.1 Å². The largest absolute Gasteiger partial charge is 0.336 e. The first kappa shape index (κ1) is 13.7. The smallest absolute Gasteiger partial charge is 0.243 e. The molecule has 0 aromatic heterocycles. The normalized spacial score (nSPS) is 9.76. The summed E-state index contributed by atoms with van der Waals surface area (Å²) in [6.45, 7) is 0.0702. The molecule has 0 unspecified atom stereocenters. The molecule has 1 N–H and O–H groups in total. The van der Waals surface area contributed by atoms with Gasteiger partial charge in [0.15, 0.2) is 0 Å². The Balaban J connectivity index is 2.42. The molecule has 1 aromatic carbocycles. The summed E-state index contributed by atoms with van der Waals surface area (Å²) in [6, 6.07) is 9.17. The predicted molar refractivity (Wildman–Crippen MR) is 71.1 cm³/mol. The lowest BCUT2D eigenvalue weighted by Gasteiger charge is -2.16. The van der Waals surface area contributed by atoms with Crippen LogP contribution >= 0.6 is 15.9 Å². The Bertz CT molecular complexity index is 381. The van der Waals surface area contributed by atoms with Gasteiger partial charge in [0.2, 0.25) is 11.8 Å². The molecule has 1 rings (SSSR count). The van der Waals surface area contributed by atoms with E-state index in [0.717, 1.165) is 5.69 Å². The van der Waals surface area contributed by atoms with Crippen LogP contribution in [0.15, 0.2) is 30.3 Å². The third-order valence-electron chi connectivity index (χ3n) is 2.17. The Morgan fingerprint density at radius 1 is 1.29 bits per heavy atom. The molecule has 0 heterocycles. The summed E-state index contributed by atoms with van der Waals surface area (Å²) >= 11 is 3.19. The van der Waals surface area contributed by atoms with Gasteiger partial charge in [-0.15, -0.1) is 0 Å². The number of anilines is 1. The number of hydrogen-bond donors (Lipinski definition) is 1. The number of hydrogen-bond acceptors (Lipinski definition) is 2. The molecule has 0 aliphatic rings. The summed E-state index contributed by atoms with van der Waals surface area (Å²) in [4.78, 5) is 24.5. The Morgan fingerprint density at radius 2 is 1.94 bits per heavy atom. The maximum atomic E-state index is 11.6. The van der Waals surface area contributed by atoms with E-state index in [4.69, 9.17) is 0 Å². The van der Waals surface area contributed by atoms with Crippen LogP contribution in [-0.4, -0.2) is 35.6 Å². The van der Waals surface area contributed by atoms with Crippen LogP contribution in [0.3, 0.4) is 0 Å². The highest BCUT2D eigenvalue weighted by atomic mass is 79.9. The number of carbonyl (C=O) groups is 2. The van der Waals surface area contributed by atoms with Gasteiger partial charge < -0.3 is 10.2 Å². The molecule has 0 bridgehead atoms. The first-order valence-electron chi connectivity index (χ1n) is 5.28. The second-order valence-corrected chi connectivity index (χ2v) is 4.40. The molecule has 0 aliphatic heterocycles. The average Bonchev–Trinajstić information content (AvgIpc) is 2.30. The number of likely N-dealkylation sites (N-methyl/N-ethyl adjacent to an activating group) is 1. The van der Waals surface area contributed by atoms with E-state index in [0.29, 0.717) is 11.8 Å². The van der Waals surface area contributed by atoms with Gasteiger partial charge in [0.25, 0.3) is 0 Å². The molecule has 0 radical (unpaired) electrons. The maximum Gasteiger partial charge on any atom is 0.243 e. The molecule has 0 saturated carbocycles. The van der Waals surface area contributed by atoms with Crippen molar-refractivity contribution in [1.29, 1.82) is 0 Å². The van der Waals surface area contributed by atoms with Crippen molar-refractivity contribution in [2.45, 2.75) is 6.42 Å². The molecule has 0 aliphatic carbocycles. The highest BCUT2D eigenvalue weighted by Crippen LogP contribution is 2.04. The van der Waals surface area contributed by atoms with E-state index in [1.807, 2.05) is 18.2 Å². The fourth-order valence-corrected chi connectivity index (χ4v) is 1.64. The zero-order valence-electron chi connectivity index (χ0n) is 9.65.